The molecule has 0 aromatic carbocycles. The number of likely N-dealkylation sites (N-methyl/N-ethyl adjacent to an activating group) is 1. The summed E-state index contributed by atoms with van der Waals surface area (Å²) < 4.78 is 5.52. The minimum absolute atomic E-state index is 0.0782. The second-order valence-corrected chi connectivity index (χ2v) is 5.11. The predicted octanol–water partition coefficient (Wildman–Crippen LogP) is 2.78. The predicted molar refractivity (Wildman–Crippen MR) is 76.7 cm³/mol. The Morgan fingerprint density at radius 2 is 2.05 bits per heavy atom. The van der Waals surface area contributed by atoms with Gasteiger partial charge in [-0.1, -0.05) is 13.8 Å². The van der Waals surface area contributed by atoms with E-state index in [2.05, 4.69) is 4.98 Å². The molecular weight excluding hydrogens is 240 g/mol. The minimum atomic E-state index is -0.509. The van der Waals surface area contributed by atoms with Crippen LogP contribution >= 0.6 is 0 Å². The normalized spacial score (nSPS) is 14.2. The molecule has 0 aliphatic heterocycles. The van der Waals surface area contributed by atoms with Gasteiger partial charge >= 0.3 is 0 Å². The molecule has 0 aliphatic carbocycles. The maximum Gasteiger partial charge on any atom is 0.184 e. The van der Waals surface area contributed by atoms with Crippen molar-refractivity contribution in [2.45, 2.75) is 39.2 Å². The van der Waals surface area contributed by atoms with Crippen molar-refractivity contribution in [1.29, 1.82) is 0 Å². The van der Waals surface area contributed by atoms with Gasteiger partial charge in [-0.3, -0.25) is 14.7 Å². The summed E-state index contributed by atoms with van der Waals surface area (Å²) in [7, 11) is 3.85. The maximum absolute atomic E-state index is 12.6. The fraction of sp³-hybridized carbons (Fsp3) is 0.600. The standard InChI is InChI=1S/C15H24N2O2/c1-6-8-19-13-9-12(10-16-11-13)14(18)15(3,7-2)17(4)5/h9-11H,6-8H2,1-5H3. The number of carbonyl (C=O) groups excluding carboxylic acids is 1. The lowest BCUT2D eigenvalue weighted by atomic mass is 9.88. The molecule has 4 nitrogen and oxygen atoms in total. The van der Waals surface area contributed by atoms with Gasteiger partial charge in [-0.05, 0) is 39.9 Å². The zero-order valence-electron chi connectivity index (χ0n) is 12.6. The van der Waals surface area contributed by atoms with Gasteiger partial charge in [-0.15, -0.1) is 0 Å². The number of pyridine rings is 1. The van der Waals surface area contributed by atoms with Gasteiger partial charge in [0.25, 0.3) is 0 Å². The van der Waals surface area contributed by atoms with E-state index in [1.54, 1.807) is 18.5 Å². The van der Waals surface area contributed by atoms with Crippen molar-refractivity contribution in [3.8, 4) is 5.75 Å². The molecule has 4 heteroatoms. The first-order valence-corrected chi connectivity index (χ1v) is 6.75. The molecule has 1 atom stereocenters. The molecule has 1 heterocycles. The monoisotopic (exact) mass is 264 g/mol. The summed E-state index contributed by atoms with van der Waals surface area (Å²) in [5.41, 5.74) is 0.0945. The van der Waals surface area contributed by atoms with Crippen LogP contribution in [0.25, 0.3) is 0 Å². The molecule has 0 saturated heterocycles. The van der Waals surface area contributed by atoms with Crippen LogP contribution in [0.15, 0.2) is 18.5 Å². The van der Waals surface area contributed by atoms with Crippen molar-refractivity contribution in [3.05, 3.63) is 24.0 Å². The van der Waals surface area contributed by atoms with Gasteiger partial charge in [-0.25, -0.2) is 0 Å². The summed E-state index contributed by atoms with van der Waals surface area (Å²) in [6.07, 6.45) is 4.94. The number of hydrogen-bond acceptors (Lipinski definition) is 4. The summed E-state index contributed by atoms with van der Waals surface area (Å²) >= 11 is 0. The molecule has 0 spiro atoms. The van der Waals surface area contributed by atoms with Crippen LogP contribution in [0.3, 0.4) is 0 Å². The van der Waals surface area contributed by atoms with Gasteiger partial charge in [0.2, 0.25) is 0 Å². The lowest BCUT2D eigenvalue weighted by Crippen LogP contribution is -2.48. The molecule has 0 amide bonds. The van der Waals surface area contributed by atoms with E-state index < -0.39 is 5.54 Å². The van der Waals surface area contributed by atoms with E-state index in [4.69, 9.17) is 4.74 Å². The molecule has 1 aromatic rings. The van der Waals surface area contributed by atoms with Crippen LogP contribution < -0.4 is 4.74 Å². The largest absolute Gasteiger partial charge is 0.492 e. The second-order valence-electron chi connectivity index (χ2n) is 5.11. The fourth-order valence-corrected chi connectivity index (χ4v) is 1.83. The van der Waals surface area contributed by atoms with Crippen LogP contribution in [0.5, 0.6) is 5.75 Å². The topological polar surface area (TPSA) is 42.4 Å². The Morgan fingerprint density at radius 3 is 2.58 bits per heavy atom. The molecular formula is C15H24N2O2. The Kier molecular flexibility index (Phi) is 5.48. The van der Waals surface area contributed by atoms with E-state index in [0.29, 0.717) is 17.9 Å². The number of hydrogen-bond donors (Lipinski definition) is 0. The van der Waals surface area contributed by atoms with Crippen molar-refractivity contribution >= 4 is 5.78 Å². The van der Waals surface area contributed by atoms with Gasteiger partial charge in [0.05, 0.1) is 18.3 Å². The fourth-order valence-electron chi connectivity index (χ4n) is 1.83. The third-order valence-corrected chi connectivity index (χ3v) is 3.61. The highest BCUT2D eigenvalue weighted by Gasteiger charge is 2.34. The average molecular weight is 264 g/mol. The van der Waals surface area contributed by atoms with Gasteiger partial charge in [-0.2, -0.15) is 0 Å². The van der Waals surface area contributed by atoms with Crippen molar-refractivity contribution in [2.75, 3.05) is 20.7 Å². The van der Waals surface area contributed by atoms with Crippen LogP contribution in [0, 0.1) is 0 Å². The first kappa shape index (κ1) is 15.6. The molecule has 0 N–H and O–H groups in total. The minimum Gasteiger partial charge on any atom is -0.492 e. The van der Waals surface area contributed by atoms with Crippen molar-refractivity contribution in [2.24, 2.45) is 0 Å². The van der Waals surface area contributed by atoms with Crippen LogP contribution in [0.2, 0.25) is 0 Å². The molecule has 106 valence electrons. The summed E-state index contributed by atoms with van der Waals surface area (Å²) in [4.78, 5) is 18.7. The van der Waals surface area contributed by atoms with E-state index in [1.165, 1.54) is 0 Å². The van der Waals surface area contributed by atoms with Gasteiger partial charge in [0.15, 0.2) is 5.78 Å². The number of Topliss-reactive ketones (excluding diaryl/α,β-unsaturated/α-hetero) is 1. The van der Waals surface area contributed by atoms with Crippen molar-refractivity contribution in [3.63, 3.8) is 0 Å². The first-order chi connectivity index (χ1) is 8.95. The molecule has 0 bridgehead atoms. The number of rotatable bonds is 7. The van der Waals surface area contributed by atoms with E-state index in [-0.39, 0.29) is 5.78 Å². The van der Waals surface area contributed by atoms with Crippen LogP contribution in [-0.4, -0.2) is 41.9 Å². The van der Waals surface area contributed by atoms with Gasteiger partial charge in [0, 0.05) is 11.8 Å². The summed E-state index contributed by atoms with van der Waals surface area (Å²) in [6, 6.07) is 1.78. The summed E-state index contributed by atoms with van der Waals surface area (Å²) in [6.45, 7) is 6.65. The van der Waals surface area contributed by atoms with Gasteiger partial charge < -0.3 is 4.74 Å². The second kappa shape index (κ2) is 6.66. The van der Waals surface area contributed by atoms with E-state index >= 15 is 0 Å². The van der Waals surface area contributed by atoms with E-state index in [1.807, 2.05) is 39.8 Å². The highest BCUT2D eigenvalue weighted by molar-refractivity contribution is 6.02. The lowest BCUT2D eigenvalue weighted by molar-refractivity contribution is 0.0709. The highest BCUT2D eigenvalue weighted by Crippen LogP contribution is 2.23. The molecule has 0 radical (unpaired) electrons. The number of ketones is 1. The molecule has 1 unspecified atom stereocenters. The number of carbonyl (C=O) groups is 1. The first-order valence-electron chi connectivity index (χ1n) is 6.75. The number of ether oxygens (including phenoxy) is 1. The summed E-state index contributed by atoms with van der Waals surface area (Å²) in [5, 5.41) is 0. The van der Waals surface area contributed by atoms with Crippen molar-refractivity contribution < 1.29 is 9.53 Å². The zero-order valence-corrected chi connectivity index (χ0v) is 12.6. The SMILES string of the molecule is CCCOc1cncc(C(=O)C(C)(CC)N(C)C)c1. The number of nitrogens with zero attached hydrogens (tertiary/aromatic N) is 2. The van der Waals surface area contributed by atoms with Gasteiger partial charge in [0.1, 0.15) is 5.75 Å². The maximum atomic E-state index is 12.6. The van der Waals surface area contributed by atoms with E-state index in [9.17, 15) is 4.79 Å². The highest BCUT2D eigenvalue weighted by atomic mass is 16.5. The Balaban J connectivity index is 2.99. The van der Waals surface area contributed by atoms with E-state index in [0.717, 1.165) is 12.8 Å². The Labute approximate surface area is 115 Å². The Morgan fingerprint density at radius 1 is 1.37 bits per heavy atom. The van der Waals surface area contributed by atoms with Crippen LogP contribution in [0.4, 0.5) is 0 Å². The average Bonchev–Trinajstić information content (AvgIpc) is 2.43. The quantitative estimate of drug-likeness (QED) is 0.710. The Hall–Kier alpha value is -1.42. The zero-order chi connectivity index (χ0) is 14.5. The molecule has 0 saturated carbocycles. The molecule has 19 heavy (non-hydrogen) atoms. The third-order valence-electron chi connectivity index (χ3n) is 3.61. The third kappa shape index (κ3) is 3.53. The van der Waals surface area contributed by atoms with Crippen molar-refractivity contribution in [1.82, 2.24) is 9.88 Å². The van der Waals surface area contributed by atoms with Crippen LogP contribution in [0.1, 0.15) is 44.0 Å². The number of aromatic nitrogens is 1. The molecule has 1 aromatic heterocycles. The smallest absolute Gasteiger partial charge is 0.184 e. The lowest BCUT2D eigenvalue weighted by Gasteiger charge is -2.34. The molecule has 0 fully saturated rings. The molecule has 1 rings (SSSR count). The Bertz CT molecular complexity index is 432. The van der Waals surface area contributed by atoms with Crippen LogP contribution in [-0.2, 0) is 0 Å². The molecule has 0 aliphatic rings. The summed E-state index contributed by atoms with van der Waals surface area (Å²) in [5.74, 6) is 0.736.